The molecular weight excluding hydrogens is 190 g/mol. The maximum absolute atomic E-state index is 4.29. The lowest BCUT2D eigenvalue weighted by atomic mass is 9.94. The van der Waals surface area contributed by atoms with Crippen LogP contribution in [0.25, 0.3) is 0 Å². The summed E-state index contributed by atoms with van der Waals surface area (Å²) < 4.78 is 0. The zero-order valence-corrected chi connectivity index (χ0v) is 9.86. The zero-order chi connectivity index (χ0) is 10.0. The third-order valence-electron chi connectivity index (χ3n) is 3.91. The van der Waals surface area contributed by atoms with Gasteiger partial charge in [-0.25, -0.2) is 0 Å². The van der Waals surface area contributed by atoms with Crippen molar-refractivity contribution in [2.75, 3.05) is 18.8 Å². The van der Waals surface area contributed by atoms with Crippen molar-refractivity contribution in [2.45, 2.75) is 44.1 Å². The van der Waals surface area contributed by atoms with Gasteiger partial charge in [0, 0.05) is 17.8 Å². The average Bonchev–Trinajstić information content (AvgIpc) is 2.79. The van der Waals surface area contributed by atoms with Gasteiger partial charge >= 0.3 is 0 Å². The highest BCUT2D eigenvalue weighted by atomic mass is 32.1. The predicted octanol–water partition coefficient (Wildman–Crippen LogP) is 2.88. The number of hydrogen-bond acceptors (Lipinski definition) is 2. The molecule has 0 radical (unpaired) electrons. The molecule has 2 fully saturated rings. The number of thiol groups is 1. The fourth-order valence-corrected chi connectivity index (χ4v) is 3.26. The van der Waals surface area contributed by atoms with E-state index in [1.807, 2.05) is 0 Å². The summed E-state index contributed by atoms with van der Waals surface area (Å²) in [5, 5.41) is 0. The molecule has 0 amide bonds. The molecule has 1 saturated carbocycles. The summed E-state index contributed by atoms with van der Waals surface area (Å²) in [5.74, 6) is 0.840. The first-order valence-electron chi connectivity index (χ1n) is 5.79. The van der Waals surface area contributed by atoms with Gasteiger partial charge in [-0.1, -0.05) is 25.0 Å². The molecule has 0 aromatic heterocycles. The summed E-state index contributed by atoms with van der Waals surface area (Å²) in [7, 11) is 0. The van der Waals surface area contributed by atoms with Crippen molar-refractivity contribution in [3.05, 3.63) is 12.2 Å². The molecule has 1 spiro atoms. The Labute approximate surface area is 93.0 Å². The van der Waals surface area contributed by atoms with E-state index in [2.05, 4.69) is 24.1 Å². The van der Waals surface area contributed by atoms with E-state index >= 15 is 0 Å². The van der Waals surface area contributed by atoms with E-state index in [4.69, 9.17) is 0 Å². The molecule has 1 aliphatic carbocycles. The quantitative estimate of drug-likeness (QED) is 0.555. The van der Waals surface area contributed by atoms with E-state index < -0.39 is 0 Å². The average molecular weight is 211 g/mol. The molecule has 1 aliphatic heterocycles. The van der Waals surface area contributed by atoms with E-state index in [0.717, 1.165) is 12.3 Å². The Bertz CT molecular complexity index is 213. The van der Waals surface area contributed by atoms with Gasteiger partial charge in [-0.05, 0) is 32.2 Å². The first-order chi connectivity index (χ1) is 6.77. The van der Waals surface area contributed by atoms with Crippen molar-refractivity contribution in [3.8, 4) is 0 Å². The largest absolute Gasteiger partial charge is 0.294 e. The zero-order valence-electron chi connectivity index (χ0n) is 8.97. The molecule has 2 rings (SSSR count). The third kappa shape index (κ3) is 1.87. The number of nitrogens with zero attached hydrogens (tertiary/aromatic N) is 1. The Morgan fingerprint density at radius 1 is 1.21 bits per heavy atom. The van der Waals surface area contributed by atoms with Gasteiger partial charge in [0.25, 0.3) is 0 Å². The van der Waals surface area contributed by atoms with Crippen LogP contribution in [0.1, 0.15) is 38.5 Å². The summed E-state index contributed by atoms with van der Waals surface area (Å²) >= 11 is 4.29. The van der Waals surface area contributed by atoms with Crippen molar-refractivity contribution in [1.82, 2.24) is 4.90 Å². The molecule has 1 nitrogen and oxygen atoms in total. The molecule has 0 atom stereocenters. The summed E-state index contributed by atoms with van der Waals surface area (Å²) in [4.78, 5) is 2.68. The molecule has 80 valence electrons. The van der Waals surface area contributed by atoms with Crippen LogP contribution in [0.3, 0.4) is 0 Å². The highest BCUT2D eigenvalue weighted by Crippen LogP contribution is 2.43. The molecule has 0 bridgehead atoms. The molecule has 2 aliphatic rings. The lowest BCUT2D eigenvalue weighted by Crippen LogP contribution is -2.42. The minimum atomic E-state index is 0.575. The molecule has 0 N–H and O–H groups in total. The molecule has 1 saturated heterocycles. The van der Waals surface area contributed by atoms with Gasteiger partial charge in [0.1, 0.15) is 0 Å². The Balaban J connectivity index is 1.99. The van der Waals surface area contributed by atoms with E-state index in [9.17, 15) is 0 Å². The fourth-order valence-electron chi connectivity index (χ4n) is 3.16. The Kier molecular flexibility index (Phi) is 3.23. The molecule has 0 aromatic carbocycles. The SMILES string of the molecule is C=C(CS)CN1CCCC12CCCC2. The van der Waals surface area contributed by atoms with Crippen LogP contribution >= 0.6 is 12.6 Å². The number of likely N-dealkylation sites (tertiary alicyclic amines) is 1. The predicted molar refractivity (Wildman–Crippen MR) is 65.0 cm³/mol. The summed E-state index contributed by atoms with van der Waals surface area (Å²) in [6, 6.07) is 0. The smallest absolute Gasteiger partial charge is 0.0213 e. The van der Waals surface area contributed by atoms with Crippen LogP contribution in [0.4, 0.5) is 0 Å². The standard InChI is InChI=1S/C12H21NS/c1-11(10-14)9-13-8-4-7-12(13)5-2-3-6-12/h14H,1-10H2. The molecule has 14 heavy (non-hydrogen) atoms. The second-order valence-electron chi connectivity index (χ2n) is 4.86. The molecular formula is C12H21NS. The van der Waals surface area contributed by atoms with Crippen LogP contribution in [-0.4, -0.2) is 29.3 Å². The Hall–Kier alpha value is 0.0500. The second-order valence-corrected chi connectivity index (χ2v) is 5.18. The highest BCUT2D eigenvalue weighted by molar-refractivity contribution is 7.80. The molecule has 2 heteroatoms. The third-order valence-corrected chi connectivity index (χ3v) is 4.36. The van der Waals surface area contributed by atoms with Gasteiger partial charge in [0.15, 0.2) is 0 Å². The Morgan fingerprint density at radius 3 is 2.50 bits per heavy atom. The number of rotatable bonds is 3. The van der Waals surface area contributed by atoms with Gasteiger partial charge < -0.3 is 0 Å². The second kappa shape index (κ2) is 4.28. The molecule has 0 unspecified atom stereocenters. The van der Waals surface area contributed by atoms with Gasteiger partial charge in [-0.15, -0.1) is 0 Å². The lowest BCUT2D eigenvalue weighted by Gasteiger charge is -2.35. The van der Waals surface area contributed by atoms with E-state index in [1.165, 1.54) is 50.6 Å². The highest BCUT2D eigenvalue weighted by Gasteiger charge is 2.42. The summed E-state index contributed by atoms with van der Waals surface area (Å²) in [6.07, 6.45) is 8.53. The first kappa shape index (κ1) is 10.6. The van der Waals surface area contributed by atoms with Gasteiger partial charge in [0.05, 0.1) is 0 Å². The van der Waals surface area contributed by atoms with Crippen LogP contribution in [-0.2, 0) is 0 Å². The monoisotopic (exact) mass is 211 g/mol. The van der Waals surface area contributed by atoms with Crippen molar-refractivity contribution in [1.29, 1.82) is 0 Å². The topological polar surface area (TPSA) is 3.24 Å². The van der Waals surface area contributed by atoms with Crippen molar-refractivity contribution < 1.29 is 0 Å². The van der Waals surface area contributed by atoms with Gasteiger partial charge in [-0.3, -0.25) is 4.90 Å². The lowest BCUT2D eigenvalue weighted by molar-refractivity contribution is 0.157. The van der Waals surface area contributed by atoms with Crippen molar-refractivity contribution in [3.63, 3.8) is 0 Å². The fraction of sp³-hybridized carbons (Fsp3) is 0.833. The van der Waals surface area contributed by atoms with Crippen LogP contribution in [0.15, 0.2) is 12.2 Å². The Morgan fingerprint density at radius 2 is 1.86 bits per heavy atom. The van der Waals surface area contributed by atoms with Crippen molar-refractivity contribution in [2.24, 2.45) is 0 Å². The number of hydrogen-bond donors (Lipinski definition) is 1. The van der Waals surface area contributed by atoms with Crippen molar-refractivity contribution >= 4 is 12.6 Å². The maximum atomic E-state index is 4.29. The van der Waals surface area contributed by atoms with Crippen LogP contribution in [0.2, 0.25) is 0 Å². The maximum Gasteiger partial charge on any atom is 0.0213 e. The van der Waals surface area contributed by atoms with Crippen LogP contribution < -0.4 is 0 Å². The minimum absolute atomic E-state index is 0.575. The van der Waals surface area contributed by atoms with Gasteiger partial charge in [-0.2, -0.15) is 12.6 Å². The van der Waals surface area contributed by atoms with Crippen LogP contribution in [0, 0.1) is 0 Å². The first-order valence-corrected chi connectivity index (χ1v) is 6.43. The van der Waals surface area contributed by atoms with Crippen LogP contribution in [0.5, 0.6) is 0 Å². The molecule has 1 heterocycles. The summed E-state index contributed by atoms with van der Waals surface area (Å²) in [6.45, 7) is 6.44. The normalized spacial score (nSPS) is 26.1. The molecule has 0 aromatic rings. The van der Waals surface area contributed by atoms with E-state index in [0.29, 0.717) is 5.54 Å². The van der Waals surface area contributed by atoms with E-state index in [-0.39, 0.29) is 0 Å². The minimum Gasteiger partial charge on any atom is -0.294 e. The van der Waals surface area contributed by atoms with Gasteiger partial charge in [0.2, 0.25) is 0 Å². The van der Waals surface area contributed by atoms with E-state index in [1.54, 1.807) is 0 Å². The summed E-state index contributed by atoms with van der Waals surface area (Å²) in [5.41, 5.74) is 1.85.